The van der Waals surface area contributed by atoms with Crippen molar-refractivity contribution in [2.75, 3.05) is 119 Å². The quantitative estimate of drug-likeness (QED) is 0.0265. The smallest absolute Gasteiger partial charge is 0.468 e. The van der Waals surface area contributed by atoms with E-state index in [0.717, 1.165) is 19.3 Å². The molecule has 0 aromatic heterocycles. The average molecular weight is 1290 g/mol. The summed E-state index contributed by atoms with van der Waals surface area (Å²) >= 11 is 14.1. The van der Waals surface area contributed by atoms with Gasteiger partial charge in [-0.3, -0.25) is 28.8 Å². The van der Waals surface area contributed by atoms with Gasteiger partial charge in [-0.1, -0.05) is 90.6 Å². The van der Waals surface area contributed by atoms with Crippen molar-refractivity contribution in [3.05, 3.63) is 0 Å². The summed E-state index contributed by atoms with van der Waals surface area (Å²) in [6.45, 7) is 5.71. The third-order valence-electron chi connectivity index (χ3n) is 5.51. The number of alkyl carbamates (subject to hydrolysis) is 2. The van der Waals surface area contributed by atoms with Crippen LogP contribution in [0.15, 0.2) is 0 Å². The Morgan fingerprint density at radius 1 is 0.500 bits per heavy atom. The maximum Gasteiger partial charge on any atom is 0.508 e. The van der Waals surface area contributed by atoms with Crippen LogP contribution < -0.4 is 31.9 Å². The third kappa shape index (κ3) is 62.2. The van der Waals surface area contributed by atoms with E-state index >= 15 is 0 Å². The van der Waals surface area contributed by atoms with E-state index in [2.05, 4.69) is 71.5 Å². The van der Waals surface area contributed by atoms with Gasteiger partial charge in [-0.25, -0.2) is 14.4 Å². The number of alkyl halides is 5. The molecule has 60 heavy (non-hydrogen) atoms. The summed E-state index contributed by atoms with van der Waals surface area (Å²) < 4.78 is 32.9. The zero-order valence-corrected chi connectivity index (χ0v) is 43.2. The fourth-order valence-electron chi connectivity index (χ4n) is 2.66. The monoisotopic (exact) mass is 1290 g/mol. The number of unbranched alkanes of at least 4 members (excludes halogenated alkanes) is 2. The van der Waals surface area contributed by atoms with Crippen molar-refractivity contribution in [2.45, 2.75) is 32.6 Å². The number of esters is 2. The molecule has 22 nitrogen and oxygen atoms in total. The Kier molecular flexibility index (Phi) is 60.6. The summed E-state index contributed by atoms with van der Waals surface area (Å²) in [6.07, 6.45) is 1.50. The first kappa shape index (κ1) is 66.6. The van der Waals surface area contributed by atoms with Gasteiger partial charge in [0, 0.05) is 32.6 Å². The molecule has 0 saturated carbocycles. The molecule has 0 aromatic carbocycles. The van der Waals surface area contributed by atoms with Crippen LogP contribution in [0.2, 0.25) is 0 Å². The fraction of sp³-hybridized carbons (Fsp3) is 0.727. The van der Waals surface area contributed by atoms with Crippen molar-refractivity contribution in [2.24, 2.45) is 0 Å². The van der Waals surface area contributed by atoms with E-state index < -0.39 is 18.3 Å². The highest BCUT2D eigenvalue weighted by Crippen LogP contribution is 1.93. The van der Waals surface area contributed by atoms with Gasteiger partial charge in [0.25, 0.3) is 0 Å². The first-order valence-corrected chi connectivity index (χ1v) is 23.9. The molecule has 6 amide bonds. The average Bonchev–Trinajstić information content (AvgIpc) is 3.27. The van der Waals surface area contributed by atoms with Crippen molar-refractivity contribution >= 4 is 149 Å². The summed E-state index contributed by atoms with van der Waals surface area (Å²) in [7, 11) is 5.22. The number of methoxy groups -OCH3 is 4. The van der Waals surface area contributed by atoms with Gasteiger partial charge in [0.1, 0.15) is 19.1 Å². The summed E-state index contributed by atoms with van der Waals surface area (Å²) in [5.74, 6) is -0.852. The highest BCUT2D eigenvalue weighted by Gasteiger charge is 2.02. The van der Waals surface area contributed by atoms with Gasteiger partial charge in [0.2, 0.25) is 23.6 Å². The van der Waals surface area contributed by atoms with Crippen LogP contribution in [0.4, 0.5) is 14.4 Å². The lowest BCUT2D eigenvalue weighted by Gasteiger charge is -2.06. The normalized spacial score (nSPS) is 9.10. The number of halogens is 5. The molecule has 0 rings (SSSR count). The molecular formula is C33H59BrClI3N6O16. The molecule has 0 aliphatic rings. The molecule has 0 spiro atoms. The topological polar surface area (TPSA) is 290 Å². The zero-order valence-electron chi connectivity index (χ0n) is 34.4. The second kappa shape index (κ2) is 54.6. The molecule has 27 heteroatoms. The van der Waals surface area contributed by atoms with Gasteiger partial charge in [0.15, 0.2) is 0 Å². The maximum absolute atomic E-state index is 10.8. The van der Waals surface area contributed by atoms with Crippen LogP contribution in [0, 0.1) is 0 Å². The number of hydrogen-bond donors (Lipinski definition) is 6. The highest BCUT2D eigenvalue weighted by atomic mass is 127. The van der Waals surface area contributed by atoms with Crippen molar-refractivity contribution in [1.29, 1.82) is 0 Å². The van der Waals surface area contributed by atoms with Crippen LogP contribution in [0.3, 0.4) is 0 Å². The summed E-state index contributed by atoms with van der Waals surface area (Å²) in [6, 6.07) is 0. The molecule has 0 fully saturated rings. The Hall–Kier alpha value is -2.45. The summed E-state index contributed by atoms with van der Waals surface area (Å²) in [5, 5.41) is 15.8. The van der Waals surface area contributed by atoms with Gasteiger partial charge >= 0.3 is 30.3 Å². The molecule has 0 bridgehead atoms. The van der Waals surface area contributed by atoms with Crippen LogP contribution in [0.25, 0.3) is 0 Å². The van der Waals surface area contributed by atoms with Gasteiger partial charge in [-0.05, 0) is 19.3 Å². The molecule has 0 saturated heterocycles. The molecule has 0 radical (unpaired) electrons. The number of ether oxygens (including phenoxy) is 7. The Balaban J connectivity index is -0.000000215. The molecule has 352 valence electrons. The Bertz CT molecular complexity index is 1010. The number of hydrogen-bond acceptors (Lipinski definition) is 16. The maximum atomic E-state index is 10.8. The van der Waals surface area contributed by atoms with Crippen molar-refractivity contribution in [1.82, 2.24) is 31.9 Å². The fourth-order valence-corrected chi connectivity index (χ4v) is 3.81. The molecule has 0 aliphatic heterocycles. The second-order valence-electron chi connectivity index (χ2n) is 10.0. The zero-order chi connectivity index (χ0) is 46.8. The van der Waals surface area contributed by atoms with Crippen LogP contribution in [-0.2, 0) is 61.9 Å². The number of carbonyl (C=O) groups is 9. The lowest BCUT2D eigenvalue weighted by molar-refractivity contribution is -0.143. The first-order chi connectivity index (χ1) is 28.6. The Labute approximate surface area is 405 Å². The van der Waals surface area contributed by atoms with Gasteiger partial charge in [-0.15, -0.1) is 11.6 Å². The van der Waals surface area contributed by atoms with Crippen molar-refractivity contribution in [3.8, 4) is 0 Å². The minimum Gasteiger partial charge on any atom is -0.468 e. The number of carbonyl (C=O) groups excluding carboxylic acids is 9. The van der Waals surface area contributed by atoms with Gasteiger partial charge in [0.05, 0.1) is 73.4 Å². The van der Waals surface area contributed by atoms with E-state index in [1.54, 1.807) is 6.92 Å². The number of amides is 6. The number of nitrogens with one attached hydrogen (secondary N) is 6. The third-order valence-corrected chi connectivity index (χ3v) is 8.27. The van der Waals surface area contributed by atoms with Crippen LogP contribution >= 0.6 is 95.3 Å². The van der Waals surface area contributed by atoms with Gasteiger partial charge in [-0.2, -0.15) is 0 Å². The molecular weight excluding hydrogens is 1230 g/mol. The number of rotatable bonds is 24. The SMILES string of the molecule is CCC(=O)OCCNC(=O)CI.COC(=O)CI.COC(=O)NCCCCCNC(=O)CBr.COC(=O)NCCOCCNC(=O)CI.COC(=O)OCCNC(=O)CCl. The van der Waals surface area contributed by atoms with Crippen molar-refractivity contribution in [3.63, 3.8) is 0 Å². The predicted molar refractivity (Wildman–Crippen MR) is 250 cm³/mol. The summed E-state index contributed by atoms with van der Waals surface area (Å²) in [4.78, 5) is 94.9. The lowest BCUT2D eigenvalue weighted by atomic mass is 10.2. The van der Waals surface area contributed by atoms with E-state index in [-0.39, 0.29) is 61.2 Å². The van der Waals surface area contributed by atoms with Crippen LogP contribution in [0.5, 0.6) is 0 Å². The van der Waals surface area contributed by atoms with Crippen molar-refractivity contribution < 1.29 is 76.3 Å². The summed E-state index contributed by atoms with van der Waals surface area (Å²) in [5.41, 5.74) is 0. The minimum absolute atomic E-state index is 0.00249. The molecule has 0 atom stereocenters. The van der Waals surface area contributed by atoms with Crippen LogP contribution in [-0.4, -0.2) is 173 Å². The molecule has 0 heterocycles. The lowest BCUT2D eigenvalue weighted by Crippen LogP contribution is -2.30. The molecule has 0 aliphatic carbocycles. The first-order valence-electron chi connectivity index (χ1n) is 17.6. The Morgan fingerprint density at radius 3 is 1.33 bits per heavy atom. The van der Waals surface area contributed by atoms with Crippen LogP contribution in [0.1, 0.15) is 32.6 Å². The predicted octanol–water partition coefficient (Wildman–Crippen LogP) is 2.14. The Morgan fingerprint density at radius 2 is 0.933 bits per heavy atom. The van der Waals surface area contributed by atoms with E-state index in [1.165, 1.54) is 28.4 Å². The molecule has 0 aromatic rings. The van der Waals surface area contributed by atoms with Gasteiger partial charge < -0.3 is 65.1 Å². The molecule has 0 unspecified atom stereocenters. The highest BCUT2D eigenvalue weighted by molar-refractivity contribution is 14.1. The molecule has 6 N–H and O–H groups in total. The second-order valence-corrected chi connectivity index (χ2v) is 13.1. The largest absolute Gasteiger partial charge is 0.508 e. The van der Waals surface area contributed by atoms with E-state index in [9.17, 15) is 43.2 Å². The van der Waals surface area contributed by atoms with E-state index in [0.29, 0.717) is 71.0 Å². The van der Waals surface area contributed by atoms with E-state index in [4.69, 9.17) is 21.1 Å². The van der Waals surface area contributed by atoms with E-state index in [1.807, 2.05) is 67.8 Å². The standard InChI is InChI=1S/C9H17BrN2O3.C8H15IN2O4.C7H12INO3.C6H10ClNO4.C3H5IO2/c1-15-9(14)12-6-4-2-3-5-11-8(13)7-10;1-14-8(13)11-3-5-15-4-2-10-7(12)6-9;1-2-7(11)12-4-3-9-6(10)5-8;1-11-6(10)12-3-2-8-5(9)4-7;1-6-3(5)2-4/h2-7H2,1H3,(H,11,13)(H,12,14);2-6H2,1H3,(H,10,12)(H,11,13);2-5H2,1H3,(H,9,10);2-4H2,1H3,(H,8,9);2H2,1H3. The minimum atomic E-state index is -0.768.